The molecule has 2 amide bonds. The Labute approximate surface area is 179 Å². The molecule has 1 heterocycles. The Balaban J connectivity index is 1.43. The van der Waals surface area contributed by atoms with Crippen molar-refractivity contribution in [3.05, 3.63) is 101 Å². The van der Waals surface area contributed by atoms with Crippen LogP contribution in [-0.2, 0) is 11.2 Å². The van der Waals surface area contributed by atoms with Crippen LogP contribution in [0.1, 0.15) is 26.9 Å². The van der Waals surface area contributed by atoms with Crippen LogP contribution >= 0.6 is 11.8 Å². The molecule has 0 unspecified atom stereocenters. The van der Waals surface area contributed by atoms with Gasteiger partial charge in [0.1, 0.15) is 11.2 Å². The number of nitrogens with zero attached hydrogens (tertiary/aromatic N) is 1. The van der Waals surface area contributed by atoms with Gasteiger partial charge in [0.15, 0.2) is 0 Å². The van der Waals surface area contributed by atoms with Gasteiger partial charge in [-0.1, -0.05) is 48.5 Å². The van der Waals surface area contributed by atoms with Gasteiger partial charge in [-0.2, -0.15) is 0 Å². The molecule has 1 aliphatic heterocycles. The lowest BCUT2D eigenvalue weighted by molar-refractivity contribution is -0.128. The number of benzene rings is 3. The second-order valence-electron chi connectivity index (χ2n) is 7.07. The van der Waals surface area contributed by atoms with Crippen LogP contribution in [0.2, 0.25) is 0 Å². The van der Waals surface area contributed by atoms with Gasteiger partial charge in [-0.25, -0.2) is 4.39 Å². The molecule has 3 aromatic carbocycles. The molecule has 0 bridgehead atoms. The van der Waals surface area contributed by atoms with E-state index in [-0.39, 0.29) is 17.2 Å². The zero-order chi connectivity index (χ0) is 20.9. The van der Waals surface area contributed by atoms with Crippen LogP contribution < -0.4 is 5.32 Å². The molecule has 30 heavy (non-hydrogen) atoms. The second kappa shape index (κ2) is 9.13. The van der Waals surface area contributed by atoms with E-state index in [4.69, 9.17) is 0 Å². The zero-order valence-electron chi connectivity index (χ0n) is 16.3. The van der Waals surface area contributed by atoms with Crippen molar-refractivity contribution in [2.24, 2.45) is 0 Å². The summed E-state index contributed by atoms with van der Waals surface area (Å²) in [5.74, 6) is -0.111. The fraction of sp³-hybridized carbons (Fsp3) is 0.167. The van der Waals surface area contributed by atoms with Crippen molar-refractivity contribution in [2.75, 3.05) is 17.6 Å². The fourth-order valence-electron chi connectivity index (χ4n) is 3.43. The first-order valence-corrected chi connectivity index (χ1v) is 10.8. The van der Waals surface area contributed by atoms with Gasteiger partial charge in [0.2, 0.25) is 5.91 Å². The predicted octanol–water partition coefficient (Wildman–Crippen LogP) is 4.89. The van der Waals surface area contributed by atoms with Gasteiger partial charge < -0.3 is 10.2 Å². The van der Waals surface area contributed by atoms with E-state index in [9.17, 15) is 14.0 Å². The van der Waals surface area contributed by atoms with Gasteiger partial charge in [-0.3, -0.25) is 9.59 Å². The molecule has 1 atom stereocenters. The molecule has 4 nitrogen and oxygen atoms in total. The Morgan fingerprint density at radius 3 is 2.53 bits per heavy atom. The van der Waals surface area contributed by atoms with Crippen LogP contribution in [0.15, 0.2) is 78.9 Å². The smallest absolute Gasteiger partial charge is 0.255 e. The molecular weight excluding hydrogens is 399 g/mol. The van der Waals surface area contributed by atoms with E-state index in [2.05, 4.69) is 17.4 Å². The lowest BCUT2D eigenvalue weighted by Gasteiger charge is -2.24. The summed E-state index contributed by atoms with van der Waals surface area (Å²) in [7, 11) is 0. The maximum atomic E-state index is 13.3. The molecule has 6 heteroatoms. The van der Waals surface area contributed by atoms with Crippen molar-refractivity contribution in [1.82, 2.24) is 4.90 Å². The lowest BCUT2D eigenvalue weighted by atomic mass is 10.1. The molecule has 1 fully saturated rings. The Kier molecular flexibility index (Phi) is 6.14. The average molecular weight is 421 g/mol. The standard InChI is InChI=1S/C24H21FN2O2S/c25-20-7-4-8-21(15-20)26-23(29)18-9-11-19(12-10-18)24-27(22(28)16-30-24)14-13-17-5-2-1-3-6-17/h1-12,15,24H,13-14,16H2,(H,26,29)/t24-/m1/s1. The molecule has 0 aromatic heterocycles. The number of halogens is 1. The summed E-state index contributed by atoms with van der Waals surface area (Å²) in [4.78, 5) is 26.7. The molecule has 0 aliphatic carbocycles. The number of thioether (sulfide) groups is 1. The minimum Gasteiger partial charge on any atom is -0.326 e. The van der Waals surface area contributed by atoms with Crippen LogP contribution in [-0.4, -0.2) is 29.0 Å². The van der Waals surface area contributed by atoms with E-state index in [1.807, 2.05) is 35.2 Å². The van der Waals surface area contributed by atoms with Crippen molar-refractivity contribution in [1.29, 1.82) is 0 Å². The minimum absolute atomic E-state index is 0.0541. The normalized spacial score (nSPS) is 16.0. The van der Waals surface area contributed by atoms with Gasteiger partial charge in [0.05, 0.1) is 5.75 Å². The first-order chi connectivity index (χ1) is 14.6. The van der Waals surface area contributed by atoms with E-state index >= 15 is 0 Å². The topological polar surface area (TPSA) is 49.4 Å². The molecule has 1 N–H and O–H groups in total. The molecule has 0 radical (unpaired) electrons. The number of carbonyl (C=O) groups is 2. The van der Waals surface area contributed by atoms with E-state index in [1.165, 1.54) is 17.7 Å². The summed E-state index contributed by atoms with van der Waals surface area (Å²) in [5, 5.41) is 2.64. The summed E-state index contributed by atoms with van der Waals surface area (Å²) < 4.78 is 13.3. The molecule has 0 saturated carbocycles. The fourth-order valence-corrected chi connectivity index (χ4v) is 4.65. The first-order valence-electron chi connectivity index (χ1n) is 9.72. The Morgan fingerprint density at radius 2 is 1.80 bits per heavy atom. The van der Waals surface area contributed by atoms with Crippen molar-refractivity contribution in [2.45, 2.75) is 11.8 Å². The monoisotopic (exact) mass is 420 g/mol. The van der Waals surface area contributed by atoms with Crippen LogP contribution in [0.5, 0.6) is 0 Å². The molecule has 1 saturated heterocycles. The van der Waals surface area contributed by atoms with Crippen LogP contribution in [0.4, 0.5) is 10.1 Å². The maximum Gasteiger partial charge on any atom is 0.255 e. The SMILES string of the molecule is O=C(Nc1cccc(F)c1)c1ccc([C@H]2SCC(=O)N2CCc2ccccc2)cc1. The molecule has 3 aromatic rings. The van der Waals surface area contributed by atoms with E-state index in [0.29, 0.717) is 23.5 Å². The van der Waals surface area contributed by atoms with E-state index < -0.39 is 5.82 Å². The van der Waals surface area contributed by atoms with Gasteiger partial charge in [-0.15, -0.1) is 11.8 Å². The van der Waals surface area contributed by atoms with Crippen LogP contribution in [0, 0.1) is 5.82 Å². The summed E-state index contributed by atoms with van der Waals surface area (Å²) >= 11 is 1.60. The number of carbonyl (C=O) groups excluding carboxylic acids is 2. The largest absolute Gasteiger partial charge is 0.326 e. The number of hydrogen-bond acceptors (Lipinski definition) is 3. The van der Waals surface area contributed by atoms with Gasteiger partial charge in [0.25, 0.3) is 5.91 Å². The van der Waals surface area contributed by atoms with Crippen molar-refractivity contribution < 1.29 is 14.0 Å². The van der Waals surface area contributed by atoms with Gasteiger partial charge >= 0.3 is 0 Å². The van der Waals surface area contributed by atoms with Crippen molar-refractivity contribution in [3.8, 4) is 0 Å². The third-order valence-electron chi connectivity index (χ3n) is 4.99. The number of hydrogen-bond donors (Lipinski definition) is 1. The highest BCUT2D eigenvalue weighted by molar-refractivity contribution is 8.00. The number of anilines is 1. The van der Waals surface area contributed by atoms with Crippen LogP contribution in [0.25, 0.3) is 0 Å². The van der Waals surface area contributed by atoms with Crippen LogP contribution in [0.3, 0.4) is 0 Å². The summed E-state index contributed by atoms with van der Waals surface area (Å²) in [5.41, 5.74) is 3.08. The Hall–Kier alpha value is -3.12. The first kappa shape index (κ1) is 20.2. The van der Waals surface area contributed by atoms with Gasteiger partial charge in [-0.05, 0) is 47.9 Å². The summed E-state index contributed by atoms with van der Waals surface area (Å²) in [6.07, 6.45) is 0.803. The highest BCUT2D eigenvalue weighted by atomic mass is 32.2. The van der Waals surface area contributed by atoms with Gasteiger partial charge in [0, 0.05) is 17.8 Å². The van der Waals surface area contributed by atoms with Crippen molar-refractivity contribution >= 4 is 29.3 Å². The van der Waals surface area contributed by atoms with E-state index in [1.54, 1.807) is 36.0 Å². The molecular formula is C24H21FN2O2S. The number of amides is 2. The van der Waals surface area contributed by atoms with Crippen molar-refractivity contribution in [3.63, 3.8) is 0 Å². The lowest BCUT2D eigenvalue weighted by Crippen LogP contribution is -2.30. The quantitative estimate of drug-likeness (QED) is 0.617. The summed E-state index contributed by atoms with van der Waals surface area (Å²) in [6.45, 7) is 0.655. The average Bonchev–Trinajstić information content (AvgIpc) is 3.13. The molecule has 152 valence electrons. The highest BCUT2D eigenvalue weighted by Crippen LogP contribution is 2.38. The summed E-state index contributed by atoms with van der Waals surface area (Å²) in [6, 6.07) is 23.1. The molecule has 4 rings (SSSR count). The molecule has 1 aliphatic rings. The second-order valence-corrected chi connectivity index (χ2v) is 8.14. The Morgan fingerprint density at radius 1 is 1.03 bits per heavy atom. The third-order valence-corrected chi connectivity index (χ3v) is 6.25. The van der Waals surface area contributed by atoms with E-state index in [0.717, 1.165) is 12.0 Å². The third kappa shape index (κ3) is 4.71. The Bertz CT molecular complexity index is 1040. The zero-order valence-corrected chi connectivity index (χ0v) is 17.1. The number of rotatable bonds is 6. The predicted molar refractivity (Wildman–Crippen MR) is 118 cm³/mol. The maximum absolute atomic E-state index is 13.3. The molecule has 0 spiro atoms. The number of nitrogens with one attached hydrogen (secondary N) is 1. The highest BCUT2D eigenvalue weighted by Gasteiger charge is 2.32. The minimum atomic E-state index is -0.401.